The molecule has 5 heteroatoms. The van der Waals surface area contributed by atoms with Crippen molar-refractivity contribution in [1.29, 1.82) is 0 Å². The average molecular weight is 356 g/mol. The van der Waals surface area contributed by atoms with Crippen molar-refractivity contribution in [2.75, 3.05) is 0 Å². The van der Waals surface area contributed by atoms with Crippen molar-refractivity contribution in [2.45, 2.75) is 51.6 Å². The van der Waals surface area contributed by atoms with Crippen LogP contribution in [-0.4, -0.2) is 28.3 Å². The van der Waals surface area contributed by atoms with Crippen molar-refractivity contribution in [1.82, 2.24) is 10.6 Å². The van der Waals surface area contributed by atoms with Crippen molar-refractivity contribution in [3.8, 4) is 11.5 Å². The summed E-state index contributed by atoms with van der Waals surface area (Å²) in [5.74, 6) is 0.529. The maximum absolute atomic E-state index is 12.1. The Hall–Kier alpha value is -2.69. The molecule has 2 rings (SSSR count). The number of rotatable bonds is 8. The van der Waals surface area contributed by atoms with Gasteiger partial charge in [0.05, 0.1) is 0 Å². The van der Waals surface area contributed by atoms with Gasteiger partial charge in [-0.05, 0) is 74.9 Å². The minimum Gasteiger partial charge on any atom is -0.508 e. The molecule has 0 aliphatic rings. The van der Waals surface area contributed by atoms with E-state index >= 15 is 0 Å². The van der Waals surface area contributed by atoms with Gasteiger partial charge in [-0.2, -0.15) is 0 Å². The molecule has 0 saturated carbocycles. The fraction of sp³-hybridized carbons (Fsp3) is 0.381. The summed E-state index contributed by atoms with van der Waals surface area (Å²) >= 11 is 0. The van der Waals surface area contributed by atoms with E-state index in [2.05, 4.69) is 10.6 Å². The average Bonchev–Trinajstić information content (AvgIpc) is 2.60. The molecule has 140 valence electrons. The summed E-state index contributed by atoms with van der Waals surface area (Å²) in [6.07, 6.45) is 3.36. The van der Waals surface area contributed by atoms with Crippen molar-refractivity contribution < 1.29 is 15.0 Å². The van der Waals surface area contributed by atoms with Crippen LogP contribution in [-0.2, 0) is 12.8 Å². The standard InChI is InChI=1S/C21H28N2O3/c1-15(3-5-17-7-11-19(24)12-8-17)22-21(26)23-16(2)4-6-18-9-13-20(25)14-10-18/h7-16,24-25H,3-6H2,1-2H3,(H2,22,23,26)/t15-,16-/m1/s1. The number of hydrogen-bond donors (Lipinski definition) is 4. The fourth-order valence-electron chi connectivity index (χ4n) is 2.73. The second-order valence-electron chi connectivity index (χ2n) is 6.83. The van der Waals surface area contributed by atoms with Crippen LogP contribution in [0.1, 0.15) is 37.8 Å². The number of hydrogen-bond acceptors (Lipinski definition) is 3. The zero-order chi connectivity index (χ0) is 18.9. The van der Waals surface area contributed by atoms with Gasteiger partial charge >= 0.3 is 6.03 Å². The third-order valence-electron chi connectivity index (χ3n) is 4.36. The van der Waals surface area contributed by atoms with Crippen LogP contribution in [0.25, 0.3) is 0 Å². The highest BCUT2D eigenvalue weighted by Gasteiger charge is 2.10. The number of aromatic hydroxyl groups is 2. The van der Waals surface area contributed by atoms with Crippen LogP contribution in [0.2, 0.25) is 0 Å². The van der Waals surface area contributed by atoms with E-state index in [4.69, 9.17) is 0 Å². The normalized spacial score (nSPS) is 13.0. The molecule has 0 aliphatic heterocycles. The molecule has 0 heterocycles. The molecule has 0 aromatic heterocycles. The van der Waals surface area contributed by atoms with Gasteiger partial charge in [-0.15, -0.1) is 0 Å². The van der Waals surface area contributed by atoms with Crippen molar-refractivity contribution >= 4 is 6.03 Å². The first kappa shape index (κ1) is 19.6. The molecule has 0 spiro atoms. The first-order chi connectivity index (χ1) is 12.4. The molecular formula is C21H28N2O3. The number of phenolic OH excluding ortho intramolecular Hbond substituents is 2. The van der Waals surface area contributed by atoms with Gasteiger partial charge in [0.1, 0.15) is 11.5 Å². The van der Waals surface area contributed by atoms with Crippen LogP contribution in [0.3, 0.4) is 0 Å². The summed E-state index contributed by atoms with van der Waals surface area (Å²) in [6, 6.07) is 14.3. The lowest BCUT2D eigenvalue weighted by molar-refractivity contribution is 0.233. The van der Waals surface area contributed by atoms with Crippen LogP contribution in [0.4, 0.5) is 4.79 Å². The van der Waals surface area contributed by atoms with Gasteiger partial charge < -0.3 is 20.8 Å². The maximum Gasteiger partial charge on any atom is 0.315 e. The topological polar surface area (TPSA) is 81.6 Å². The molecule has 0 unspecified atom stereocenters. The number of nitrogens with one attached hydrogen (secondary N) is 2. The number of benzene rings is 2. The van der Waals surface area contributed by atoms with Crippen molar-refractivity contribution in [2.24, 2.45) is 0 Å². The predicted octanol–water partition coefficient (Wildman–Crippen LogP) is 3.74. The first-order valence-corrected chi connectivity index (χ1v) is 9.05. The highest BCUT2D eigenvalue weighted by molar-refractivity contribution is 5.74. The smallest absolute Gasteiger partial charge is 0.315 e. The Balaban J connectivity index is 1.66. The summed E-state index contributed by atoms with van der Waals surface area (Å²) in [5, 5.41) is 24.5. The van der Waals surface area contributed by atoms with Gasteiger partial charge in [0.2, 0.25) is 0 Å². The zero-order valence-electron chi connectivity index (χ0n) is 15.4. The van der Waals surface area contributed by atoms with Gasteiger partial charge in [-0.3, -0.25) is 0 Å². The fourth-order valence-corrected chi connectivity index (χ4v) is 2.73. The van der Waals surface area contributed by atoms with E-state index in [9.17, 15) is 15.0 Å². The molecule has 26 heavy (non-hydrogen) atoms. The Morgan fingerprint density at radius 3 is 1.46 bits per heavy atom. The highest BCUT2D eigenvalue weighted by atomic mass is 16.3. The van der Waals surface area contributed by atoms with Gasteiger partial charge in [0.25, 0.3) is 0 Å². The minimum absolute atomic E-state index is 0.0631. The molecule has 0 radical (unpaired) electrons. The first-order valence-electron chi connectivity index (χ1n) is 9.05. The largest absolute Gasteiger partial charge is 0.508 e. The zero-order valence-corrected chi connectivity index (χ0v) is 15.4. The van der Waals surface area contributed by atoms with E-state index in [1.807, 2.05) is 38.1 Å². The highest BCUT2D eigenvalue weighted by Crippen LogP contribution is 2.13. The van der Waals surface area contributed by atoms with Gasteiger partial charge in [0, 0.05) is 12.1 Å². The quantitative estimate of drug-likeness (QED) is 0.581. The molecule has 2 aromatic rings. The number of aryl methyl sites for hydroxylation is 2. The van der Waals surface area contributed by atoms with Crippen LogP contribution >= 0.6 is 0 Å². The van der Waals surface area contributed by atoms with Gasteiger partial charge in [0.15, 0.2) is 0 Å². The van der Waals surface area contributed by atoms with Crippen LogP contribution in [0.5, 0.6) is 11.5 Å². The molecule has 2 atom stereocenters. The second-order valence-corrected chi connectivity index (χ2v) is 6.83. The number of phenols is 2. The molecular weight excluding hydrogens is 328 g/mol. The van der Waals surface area contributed by atoms with E-state index in [0.29, 0.717) is 0 Å². The van der Waals surface area contributed by atoms with Crippen LogP contribution < -0.4 is 10.6 Å². The SMILES string of the molecule is C[C@H](CCc1ccc(O)cc1)NC(=O)N[C@H](C)CCc1ccc(O)cc1. The molecule has 0 saturated heterocycles. The number of amides is 2. The summed E-state index contributed by atoms with van der Waals surface area (Å²) in [7, 11) is 0. The Bertz CT molecular complexity index is 624. The van der Waals surface area contributed by atoms with Gasteiger partial charge in [-0.25, -0.2) is 4.79 Å². The lowest BCUT2D eigenvalue weighted by atomic mass is 10.1. The third kappa shape index (κ3) is 7.05. The Morgan fingerprint density at radius 2 is 1.12 bits per heavy atom. The molecule has 0 fully saturated rings. The van der Waals surface area contributed by atoms with E-state index in [1.54, 1.807) is 24.3 Å². The Morgan fingerprint density at radius 1 is 0.769 bits per heavy atom. The van der Waals surface area contributed by atoms with Crippen molar-refractivity contribution in [3.63, 3.8) is 0 Å². The maximum atomic E-state index is 12.1. The van der Waals surface area contributed by atoms with Gasteiger partial charge in [-0.1, -0.05) is 24.3 Å². The molecule has 5 nitrogen and oxygen atoms in total. The Kier molecular flexibility index (Phi) is 7.33. The van der Waals surface area contributed by atoms with Crippen LogP contribution in [0.15, 0.2) is 48.5 Å². The molecule has 4 N–H and O–H groups in total. The molecule has 2 amide bonds. The van der Waals surface area contributed by atoms with E-state index in [1.165, 1.54) is 0 Å². The van der Waals surface area contributed by atoms with E-state index in [-0.39, 0.29) is 29.6 Å². The molecule has 0 bridgehead atoms. The lowest BCUT2D eigenvalue weighted by Crippen LogP contribution is -2.44. The number of carbonyl (C=O) groups excluding carboxylic acids is 1. The lowest BCUT2D eigenvalue weighted by Gasteiger charge is -2.18. The molecule has 0 aliphatic carbocycles. The monoisotopic (exact) mass is 356 g/mol. The Labute approximate surface area is 155 Å². The second kappa shape index (κ2) is 9.70. The van der Waals surface area contributed by atoms with Crippen molar-refractivity contribution in [3.05, 3.63) is 59.7 Å². The summed E-state index contributed by atoms with van der Waals surface area (Å²) in [6.45, 7) is 3.97. The number of carbonyl (C=O) groups is 1. The summed E-state index contributed by atoms with van der Waals surface area (Å²) in [5.41, 5.74) is 2.28. The summed E-state index contributed by atoms with van der Waals surface area (Å²) < 4.78 is 0. The molecule has 2 aromatic carbocycles. The predicted molar refractivity (Wildman–Crippen MR) is 103 cm³/mol. The van der Waals surface area contributed by atoms with E-state index < -0.39 is 0 Å². The van der Waals surface area contributed by atoms with Crippen LogP contribution in [0, 0.1) is 0 Å². The minimum atomic E-state index is -0.151. The van der Waals surface area contributed by atoms with E-state index in [0.717, 1.165) is 36.8 Å². The number of urea groups is 1. The summed E-state index contributed by atoms with van der Waals surface area (Å²) in [4.78, 5) is 12.1. The third-order valence-corrected chi connectivity index (χ3v) is 4.36.